The van der Waals surface area contributed by atoms with E-state index in [0.717, 1.165) is 11.1 Å². The minimum Gasteiger partial charge on any atom is -0.338 e. The maximum atomic E-state index is 11.1. The molecule has 0 aliphatic heterocycles. The monoisotopic (exact) mass is 301 g/mol. The van der Waals surface area contributed by atoms with Gasteiger partial charge in [-0.05, 0) is 18.4 Å². The zero-order valence-corrected chi connectivity index (χ0v) is 12.5. The highest BCUT2D eigenvalue weighted by molar-refractivity contribution is 7.88. The Morgan fingerprint density at radius 2 is 2.16 bits per heavy atom. The zero-order valence-electron chi connectivity index (χ0n) is 10.8. The quantitative estimate of drug-likeness (QED) is 0.911. The summed E-state index contributed by atoms with van der Waals surface area (Å²) in [5, 5.41) is 5.90. The Labute approximate surface area is 115 Å². The van der Waals surface area contributed by atoms with Crippen LogP contribution in [0.2, 0.25) is 0 Å². The third-order valence-electron chi connectivity index (χ3n) is 2.58. The van der Waals surface area contributed by atoms with Crippen LogP contribution in [0.3, 0.4) is 0 Å². The standard InChI is InChI=1S/C11H15N3O3S2/c1-7(9-5-4-6-18-9)10-12-11(17-13-10)8(2)14-19(3,15)16/h4-8,14H,1-3H3. The van der Waals surface area contributed by atoms with Gasteiger partial charge >= 0.3 is 0 Å². The fourth-order valence-electron chi connectivity index (χ4n) is 1.64. The second kappa shape index (κ2) is 5.40. The van der Waals surface area contributed by atoms with E-state index in [1.165, 1.54) is 0 Å². The van der Waals surface area contributed by atoms with E-state index in [-0.39, 0.29) is 11.8 Å². The van der Waals surface area contributed by atoms with Crippen molar-refractivity contribution < 1.29 is 12.9 Å². The Balaban J connectivity index is 2.15. The van der Waals surface area contributed by atoms with Crippen molar-refractivity contribution in [1.29, 1.82) is 0 Å². The van der Waals surface area contributed by atoms with E-state index in [2.05, 4.69) is 14.9 Å². The highest BCUT2D eigenvalue weighted by Gasteiger charge is 2.21. The summed E-state index contributed by atoms with van der Waals surface area (Å²) in [5.74, 6) is 0.853. The van der Waals surface area contributed by atoms with Gasteiger partial charge in [0, 0.05) is 4.88 Å². The smallest absolute Gasteiger partial charge is 0.244 e. The minimum atomic E-state index is -3.30. The molecule has 1 N–H and O–H groups in total. The maximum Gasteiger partial charge on any atom is 0.244 e. The number of nitrogens with one attached hydrogen (secondary N) is 1. The van der Waals surface area contributed by atoms with Crippen molar-refractivity contribution in [3.8, 4) is 0 Å². The van der Waals surface area contributed by atoms with Crippen molar-refractivity contribution in [2.75, 3.05) is 6.26 Å². The molecule has 19 heavy (non-hydrogen) atoms. The molecule has 2 unspecified atom stereocenters. The molecule has 0 spiro atoms. The summed E-state index contributed by atoms with van der Waals surface area (Å²) in [4.78, 5) is 5.39. The van der Waals surface area contributed by atoms with Gasteiger partial charge in [0.2, 0.25) is 15.9 Å². The van der Waals surface area contributed by atoms with Crippen LogP contribution in [0.1, 0.15) is 42.4 Å². The lowest BCUT2D eigenvalue weighted by Gasteiger charge is -2.06. The molecule has 2 aromatic rings. The van der Waals surface area contributed by atoms with Gasteiger partial charge in [0.05, 0.1) is 18.2 Å². The summed E-state index contributed by atoms with van der Waals surface area (Å²) < 4.78 is 29.8. The summed E-state index contributed by atoms with van der Waals surface area (Å²) >= 11 is 1.62. The Morgan fingerprint density at radius 1 is 1.42 bits per heavy atom. The molecule has 2 heterocycles. The van der Waals surface area contributed by atoms with E-state index in [1.54, 1.807) is 18.3 Å². The molecule has 2 rings (SSSR count). The lowest BCUT2D eigenvalue weighted by molar-refractivity contribution is 0.349. The SMILES string of the molecule is CC(NS(C)(=O)=O)c1nc(C(C)c2cccs2)no1. The molecule has 0 bridgehead atoms. The molecule has 0 aliphatic rings. The van der Waals surface area contributed by atoms with E-state index in [9.17, 15) is 8.42 Å². The number of thiophene rings is 1. The molecule has 0 radical (unpaired) electrons. The highest BCUT2D eigenvalue weighted by Crippen LogP contribution is 2.26. The molecular weight excluding hydrogens is 286 g/mol. The molecule has 104 valence electrons. The number of hydrogen-bond acceptors (Lipinski definition) is 6. The van der Waals surface area contributed by atoms with E-state index >= 15 is 0 Å². The summed E-state index contributed by atoms with van der Waals surface area (Å²) in [6.45, 7) is 3.64. The fourth-order valence-corrected chi connectivity index (χ4v) is 3.16. The molecule has 0 saturated carbocycles. The van der Waals surface area contributed by atoms with Crippen LogP contribution in [0.5, 0.6) is 0 Å². The first-order chi connectivity index (χ1) is 8.87. The fraction of sp³-hybridized carbons (Fsp3) is 0.455. The van der Waals surface area contributed by atoms with Crippen LogP contribution in [0.4, 0.5) is 0 Å². The van der Waals surface area contributed by atoms with Crippen molar-refractivity contribution >= 4 is 21.4 Å². The molecule has 0 saturated heterocycles. The van der Waals surface area contributed by atoms with Crippen LogP contribution >= 0.6 is 11.3 Å². The Morgan fingerprint density at radius 3 is 2.74 bits per heavy atom. The largest absolute Gasteiger partial charge is 0.338 e. The lowest BCUT2D eigenvalue weighted by atomic mass is 10.1. The molecule has 6 nitrogen and oxygen atoms in total. The predicted octanol–water partition coefficient (Wildman–Crippen LogP) is 1.89. The predicted molar refractivity (Wildman–Crippen MR) is 72.5 cm³/mol. The molecule has 0 aliphatic carbocycles. The highest BCUT2D eigenvalue weighted by atomic mass is 32.2. The Bertz CT molecular complexity index is 634. The van der Waals surface area contributed by atoms with Crippen LogP contribution < -0.4 is 4.72 Å². The van der Waals surface area contributed by atoms with Crippen LogP contribution in [0, 0.1) is 0 Å². The van der Waals surface area contributed by atoms with Gasteiger partial charge in [0.1, 0.15) is 0 Å². The molecule has 0 aromatic carbocycles. The lowest BCUT2D eigenvalue weighted by Crippen LogP contribution is -2.25. The summed E-state index contributed by atoms with van der Waals surface area (Å²) in [5.41, 5.74) is 0. The van der Waals surface area contributed by atoms with E-state index in [0.29, 0.717) is 5.82 Å². The Hall–Kier alpha value is -1.25. The first-order valence-corrected chi connectivity index (χ1v) is 8.48. The van der Waals surface area contributed by atoms with Gasteiger partial charge in [-0.25, -0.2) is 13.1 Å². The van der Waals surface area contributed by atoms with Crippen LogP contribution in [0.15, 0.2) is 22.0 Å². The second-order valence-electron chi connectivity index (χ2n) is 4.34. The van der Waals surface area contributed by atoms with E-state index in [4.69, 9.17) is 4.52 Å². The molecule has 0 amide bonds. The Kier molecular flexibility index (Phi) is 4.02. The van der Waals surface area contributed by atoms with Gasteiger partial charge < -0.3 is 4.52 Å². The maximum absolute atomic E-state index is 11.1. The van der Waals surface area contributed by atoms with Crippen LogP contribution in [0.25, 0.3) is 0 Å². The summed E-state index contributed by atoms with van der Waals surface area (Å²) in [6, 6.07) is 3.43. The summed E-state index contributed by atoms with van der Waals surface area (Å²) in [7, 11) is -3.30. The topological polar surface area (TPSA) is 85.1 Å². The molecule has 2 aromatic heterocycles. The normalized spacial score (nSPS) is 15.3. The van der Waals surface area contributed by atoms with Gasteiger partial charge in [-0.2, -0.15) is 4.98 Å². The second-order valence-corrected chi connectivity index (χ2v) is 7.10. The van der Waals surface area contributed by atoms with Gasteiger partial charge in [0.15, 0.2) is 5.82 Å². The number of nitrogens with zero attached hydrogens (tertiary/aromatic N) is 2. The zero-order chi connectivity index (χ0) is 14.0. The van der Waals surface area contributed by atoms with Crippen LogP contribution in [-0.4, -0.2) is 24.8 Å². The van der Waals surface area contributed by atoms with Gasteiger partial charge in [-0.3, -0.25) is 0 Å². The van der Waals surface area contributed by atoms with Crippen molar-refractivity contribution in [1.82, 2.24) is 14.9 Å². The van der Waals surface area contributed by atoms with E-state index < -0.39 is 16.1 Å². The minimum absolute atomic E-state index is 0.0305. The van der Waals surface area contributed by atoms with Crippen molar-refractivity contribution in [2.45, 2.75) is 25.8 Å². The van der Waals surface area contributed by atoms with Gasteiger partial charge in [-0.1, -0.05) is 18.1 Å². The number of hydrogen-bond donors (Lipinski definition) is 1. The third kappa shape index (κ3) is 3.62. The third-order valence-corrected chi connectivity index (χ3v) is 4.41. The van der Waals surface area contributed by atoms with Crippen LogP contribution in [-0.2, 0) is 10.0 Å². The van der Waals surface area contributed by atoms with Gasteiger partial charge in [-0.15, -0.1) is 11.3 Å². The van der Waals surface area contributed by atoms with Crippen molar-refractivity contribution in [3.63, 3.8) is 0 Å². The number of sulfonamides is 1. The van der Waals surface area contributed by atoms with E-state index in [1.807, 2.05) is 24.4 Å². The summed E-state index contributed by atoms with van der Waals surface area (Å²) in [6.07, 6.45) is 1.09. The first kappa shape index (κ1) is 14.2. The molecule has 2 atom stereocenters. The first-order valence-electron chi connectivity index (χ1n) is 5.71. The van der Waals surface area contributed by atoms with Gasteiger partial charge in [0.25, 0.3) is 0 Å². The van der Waals surface area contributed by atoms with Crippen molar-refractivity contribution in [2.24, 2.45) is 0 Å². The average molecular weight is 301 g/mol. The average Bonchev–Trinajstić information content (AvgIpc) is 2.98. The number of rotatable bonds is 5. The number of aromatic nitrogens is 2. The molecular formula is C11H15N3O3S2. The van der Waals surface area contributed by atoms with Crippen molar-refractivity contribution in [3.05, 3.63) is 34.1 Å². The molecule has 0 fully saturated rings. The molecule has 8 heteroatoms.